The number of hydrogen-bond donors (Lipinski definition) is 1. The molecule has 0 heterocycles. The maximum absolute atomic E-state index is 14.4. The van der Waals surface area contributed by atoms with Gasteiger partial charge in [0.25, 0.3) is 5.91 Å². The zero-order chi connectivity index (χ0) is 17.3. The summed E-state index contributed by atoms with van der Waals surface area (Å²) < 4.78 is 38.0. The van der Waals surface area contributed by atoms with Crippen LogP contribution in [-0.2, 0) is 9.84 Å². The molecule has 0 aliphatic carbocycles. The Balaban J connectivity index is 3.27. The molecule has 5 nitrogen and oxygen atoms in total. The van der Waals surface area contributed by atoms with Crippen molar-refractivity contribution in [2.75, 3.05) is 26.4 Å². The van der Waals surface area contributed by atoms with Gasteiger partial charge in [0.1, 0.15) is 4.90 Å². The van der Waals surface area contributed by atoms with E-state index in [-0.39, 0.29) is 11.0 Å². The molecule has 0 radical (unpaired) electrons. The van der Waals surface area contributed by atoms with Gasteiger partial charge in [-0.3, -0.25) is 4.79 Å². The molecule has 0 unspecified atom stereocenters. The third-order valence-corrected chi connectivity index (χ3v) is 4.75. The molecule has 1 aromatic carbocycles. The third kappa shape index (κ3) is 4.50. The molecule has 0 spiro atoms. The van der Waals surface area contributed by atoms with Crippen LogP contribution in [0.25, 0.3) is 0 Å². The highest BCUT2D eigenvalue weighted by Crippen LogP contribution is 2.25. The van der Waals surface area contributed by atoms with Crippen LogP contribution in [0.5, 0.6) is 0 Å². The van der Waals surface area contributed by atoms with E-state index in [1.807, 2.05) is 13.8 Å². The van der Waals surface area contributed by atoms with Gasteiger partial charge in [0.05, 0.1) is 5.56 Å². The zero-order valence-electron chi connectivity index (χ0n) is 13.0. The molecule has 22 heavy (non-hydrogen) atoms. The van der Waals surface area contributed by atoms with Crippen molar-refractivity contribution in [2.45, 2.75) is 18.7 Å². The number of amides is 1. The lowest BCUT2D eigenvalue weighted by Crippen LogP contribution is -2.40. The molecule has 124 valence electrons. The van der Waals surface area contributed by atoms with E-state index in [0.29, 0.717) is 17.6 Å². The molecule has 0 aliphatic rings. The molecule has 2 N–H and O–H groups in total. The average molecular weight is 395 g/mol. The Morgan fingerprint density at radius 3 is 2.41 bits per heavy atom. The van der Waals surface area contributed by atoms with Crippen molar-refractivity contribution >= 4 is 31.7 Å². The Hall–Kier alpha value is -0.990. The average Bonchev–Trinajstić information content (AvgIpc) is 2.38. The minimum Gasteiger partial charge on any atom is -0.341 e. The second-order valence-corrected chi connectivity index (χ2v) is 8.97. The van der Waals surface area contributed by atoms with E-state index < -0.39 is 26.5 Å². The highest BCUT2D eigenvalue weighted by Gasteiger charge is 2.27. The summed E-state index contributed by atoms with van der Waals surface area (Å²) in [6, 6.07) is 2.42. The predicted molar refractivity (Wildman–Crippen MR) is 87.0 cm³/mol. The summed E-state index contributed by atoms with van der Waals surface area (Å²) in [7, 11) is -2.25. The van der Waals surface area contributed by atoms with Crippen LogP contribution in [0.15, 0.2) is 21.5 Å². The molecular formula is C14H20BrFN2O3S. The molecule has 1 aromatic rings. The Labute approximate surface area is 138 Å². The fourth-order valence-corrected chi connectivity index (χ4v) is 3.36. The molecule has 0 fully saturated rings. The number of halogens is 2. The van der Waals surface area contributed by atoms with Gasteiger partial charge in [0.2, 0.25) is 0 Å². The molecule has 0 saturated carbocycles. The van der Waals surface area contributed by atoms with E-state index in [1.54, 1.807) is 0 Å². The summed E-state index contributed by atoms with van der Waals surface area (Å²) in [5, 5.41) is 0. The number of carbonyl (C=O) groups excluding carboxylic acids is 1. The molecule has 1 rings (SSSR count). The highest BCUT2D eigenvalue weighted by atomic mass is 79.9. The lowest BCUT2D eigenvalue weighted by Gasteiger charge is -2.29. The normalized spacial score (nSPS) is 12.3. The van der Waals surface area contributed by atoms with Crippen LogP contribution in [0.3, 0.4) is 0 Å². The number of rotatable bonds is 5. The topological polar surface area (TPSA) is 80.5 Å². The number of nitrogens with two attached hydrogens (primary N) is 1. The van der Waals surface area contributed by atoms with Crippen LogP contribution in [0, 0.1) is 11.2 Å². The van der Waals surface area contributed by atoms with Gasteiger partial charge in [-0.05, 0) is 24.1 Å². The monoisotopic (exact) mass is 394 g/mol. The van der Waals surface area contributed by atoms with Gasteiger partial charge in [0, 0.05) is 24.3 Å². The van der Waals surface area contributed by atoms with Crippen LogP contribution in [-0.4, -0.2) is 45.6 Å². The van der Waals surface area contributed by atoms with Gasteiger partial charge >= 0.3 is 0 Å². The summed E-state index contributed by atoms with van der Waals surface area (Å²) in [4.78, 5) is 13.3. The maximum atomic E-state index is 14.4. The van der Waals surface area contributed by atoms with Gasteiger partial charge in [-0.15, -0.1) is 0 Å². The van der Waals surface area contributed by atoms with Crippen molar-refractivity contribution in [2.24, 2.45) is 11.1 Å². The van der Waals surface area contributed by atoms with Crippen LogP contribution in [0.4, 0.5) is 4.39 Å². The summed E-state index contributed by atoms with van der Waals surface area (Å²) in [5.41, 5.74) is 5.02. The number of sulfone groups is 1. The van der Waals surface area contributed by atoms with Crippen molar-refractivity contribution in [3.8, 4) is 0 Å². The summed E-state index contributed by atoms with van der Waals surface area (Å²) in [6.07, 6.45) is 0.896. The Morgan fingerprint density at radius 1 is 1.41 bits per heavy atom. The van der Waals surface area contributed by atoms with Gasteiger partial charge in [-0.2, -0.15) is 0 Å². The smallest absolute Gasteiger partial charge is 0.256 e. The molecule has 0 saturated heterocycles. The largest absolute Gasteiger partial charge is 0.341 e. The van der Waals surface area contributed by atoms with Crippen molar-refractivity contribution in [3.63, 3.8) is 0 Å². The van der Waals surface area contributed by atoms with Gasteiger partial charge < -0.3 is 10.6 Å². The van der Waals surface area contributed by atoms with Gasteiger partial charge in [0.15, 0.2) is 15.7 Å². The molecular weight excluding hydrogens is 375 g/mol. The third-order valence-electron chi connectivity index (χ3n) is 3.20. The Morgan fingerprint density at radius 2 is 1.95 bits per heavy atom. The summed E-state index contributed by atoms with van der Waals surface area (Å²) in [6.45, 7) is 4.45. The van der Waals surface area contributed by atoms with E-state index in [9.17, 15) is 17.6 Å². The minimum absolute atomic E-state index is 0.287. The zero-order valence-corrected chi connectivity index (χ0v) is 15.4. The van der Waals surface area contributed by atoms with Crippen molar-refractivity contribution < 1.29 is 17.6 Å². The van der Waals surface area contributed by atoms with E-state index in [1.165, 1.54) is 18.0 Å². The second kappa shape index (κ2) is 6.64. The van der Waals surface area contributed by atoms with E-state index in [0.717, 1.165) is 12.3 Å². The summed E-state index contributed by atoms with van der Waals surface area (Å²) >= 11 is 3.11. The molecule has 0 atom stereocenters. The molecule has 0 bridgehead atoms. The van der Waals surface area contributed by atoms with E-state index >= 15 is 0 Å². The number of carbonyl (C=O) groups is 1. The molecule has 0 aromatic heterocycles. The lowest BCUT2D eigenvalue weighted by atomic mass is 9.93. The fourth-order valence-electron chi connectivity index (χ4n) is 1.97. The maximum Gasteiger partial charge on any atom is 0.256 e. The van der Waals surface area contributed by atoms with Crippen LogP contribution in [0.1, 0.15) is 24.2 Å². The quantitative estimate of drug-likeness (QED) is 0.828. The first-order chi connectivity index (χ1) is 9.89. The van der Waals surface area contributed by atoms with Crippen molar-refractivity contribution in [3.05, 3.63) is 28.0 Å². The van der Waals surface area contributed by atoms with Crippen LogP contribution >= 0.6 is 15.9 Å². The highest BCUT2D eigenvalue weighted by molar-refractivity contribution is 9.10. The van der Waals surface area contributed by atoms with E-state index in [2.05, 4.69) is 15.9 Å². The van der Waals surface area contributed by atoms with Gasteiger partial charge in [-0.1, -0.05) is 29.8 Å². The molecule has 1 amide bonds. The van der Waals surface area contributed by atoms with Crippen LogP contribution in [0.2, 0.25) is 0 Å². The first-order valence-electron chi connectivity index (χ1n) is 6.53. The van der Waals surface area contributed by atoms with E-state index in [4.69, 9.17) is 5.73 Å². The van der Waals surface area contributed by atoms with Crippen molar-refractivity contribution in [1.82, 2.24) is 4.90 Å². The fraction of sp³-hybridized carbons (Fsp3) is 0.500. The number of hydrogen-bond acceptors (Lipinski definition) is 4. The number of nitrogens with zero attached hydrogens (tertiary/aromatic N) is 1. The lowest BCUT2D eigenvalue weighted by molar-refractivity contribution is 0.0735. The molecule has 0 aliphatic heterocycles. The molecule has 8 heteroatoms. The Kier molecular flexibility index (Phi) is 5.75. The summed E-state index contributed by atoms with van der Waals surface area (Å²) in [5.74, 6) is -1.63. The predicted octanol–water partition coefficient (Wildman–Crippen LogP) is 2.05. The van der Waals surface area contributed by atoms with Gasteiger partial charge in [-0.25, -0.2) is 12.8 Å². The Bertz CT molecular complexity index is 690. The standard InChI is InChI=1S/C14H20BrFN2O3S/c1-14(2,7-17)8-18(3)13(19)10-5-9(15)6-11(12(10)16)22(4,20)21/h5-6H,7-8,17H2,1-4H3. The SMILES string of the molecule is CN(CC(C)(C)CN)C(=O)c1cc(Br)cc(S(C)(=O)=O)c1F. The first-order valence-corrected chi connectivity index (χ1v) is 9.22. The van der Waals surface area contributed by atoms with Crippen molar-refractivity contribution in [1.29, 1.82) is 0 Å². The second-order valence-electron chi connectivity index (χ2n) is 6.07. The first kappa shape index (κ1) is 19.1. The minimum atomic E-state index is -3.77. The van der Waals surface area contributed by atoms with Crippen LogP contribution < -0.4 is 5.73 Å². The number of benzene rings is 1.